The van der Waals surface area contributed by atoms with E-state index in [1.807, 2.05) is 13.0 Å². The third-order valence-electron chi connectivity index (χ3n) is 5.52. The van der Waals surface area contributed by atoms with Crippen LogP contribution in [-0.4, -0.2) is 19.0 Å². The lowest BCUT2D eigenvalue weighted by Crippen LogP contribution is -2.15. The van der Waals surface area contributed by atoms with Crippen LogP contribution in [0.4, 0.5) is 5.69 Å². The molecular weight excluding hydrogens is 386 g/mol. The second-order valence-corrected chi connectivity index (χ2v) is 8.42. The van der Waals surface area contributed by atoms with Crippen LogP contribution in [0.1, 0.15) is 113 Å². The number of benzene rings is 1. The lowest BCUT2D eigenvalue weighted by atomic mass is 10.1. The van der Waals surface area contributed by atoms with E-state index >= 15 is 0 Å². The average Bonchev–Trinajstić information content (AvgIpc) is 2.77. The molecule has 0 bridgehead atoms. The number of aryl methyl sites for hydroxylation is 1. The van der Waals surface area contributed by atoms with Crippen molar-refractivity contribution in [2.45, 2.75) is 104 Å². The van der Waals surface area contributed by atoms with E-state index in [0.29, 0.717) is 17.7 Å². The summed E-state index contributed by atoms with van der Waals surface area (Å²) in [5, 5.41) is 2.85. The summed E-state index contributed by atoms with van der Waals surface area (Å²) >= 11 is 0. The molecule has 0 aliphatic carbocycles. The summed E-state index contributed by atoms with van der Waals surface area (Å²) in [6, 6.07) is 5.38. The number of carbonyl (C=O) groups is 2. The molecule has 0 radical (unpaired) electrons. The van der Waals surface area contributed by atoms with Crippen molar-refractivity contribution in [2.24, 2.45) is 0 Å². The van der Waals surface area contributed by atoms with Gasteiger partial charge in [0.1, 0.15) is 0 Å². The number of ether oxygens (including phenoxy) is 1. The summed E-state index contributed by atoms with van der Waals surface area (Å²) in [4.78, 5) is 24.1. The van der Waals surface area contributed by atoms with Crippen LogP contribution in [0.3, 0.4) is 0 Å². The first-order chi connectivity index (χ1) is 15.1. The molecule has 4 heteroatoms. The van der Waals surface area contributed by atoms with Gasteiger partial charge in [-0.05, 0) is 51.2 Å². The summed E-state index contributed by atoms with van der Waals surface area (Å²) in [5.41, 5.74) is 1.88. The van der Waals surface area contributed by atoms with Gasteiger partial charge in [-0.1, -0.05) is 82.1 Å². The maximum absolute atomic E-state index is 12.2. The first kappa shape index (κ1) is 26.9. The standard InChI is InChI=1S/C27H43NO3/c1-4-5-6-7-8-9-10-11-12-13-14-15-16-17-18-19-26(29)28-25-21-20-23(2)22-24(25)27(30)31-3/h11-12,20-22H,4-10,13-19H2,1-3H3,(H,28,29)/b12-11+. The van der Waals surface area contributed by atoms with Crippen LogP contribution in [0, 0.1) is 6.92 Å². The molecule has 174 valence electrons. The monoisotopic (exact) mass is 429 g/mol. The van der Waals surface area contributed by atoms with E-state index in [1.165, 1.54) is 71.3 Å². The van der Waals surface area contributed by atoms with Crippen LogP contribution >= 0.6 is 0 Å². The molecule has 1 amide bonds. The van der Waals surface area contributed by atoms with Crippen molar-refractivity contribution in [1.29, 1.82) is 0 Å². The second kappa shape index (κ2) is 17.6. The smallest absolute Gasteiger partial charge is 0.339 e. The highest BCUT2D eigenvalue weighted by Gasteiger charge is 2.14. The maximum Gasteiger partial charge on any atom is 0.339 e. The molecule has 4 nitrogen and oxygen atoms in total. The lowest BCUT2D eigenvalue weighted by Gasteiger charge is -2.10. The second-order valence-electron chi connectivity index (χ2n) is 8.42. The van der Waals surface area contributed by atoms with Crippen molar-refractivity contribution in [3.8, 4) is 0 Å². The Morgan fingerprint density at radius 3 is 2.06 bits per heavy atom. The molecule has 0 aromatic heterocycles. The minimum absolute atomic E-state index is 0.0494. The van der Waals surface area contributed by atoms with Gasteiger partial charge >= 0.3 is 5.97 Å². The van der Waals surface area contributed by atoms with Crippen molar-refractivity contribution in [3.63, 3.8) is 0 Å². The topological polar surface area (TPSA) is 55.4 Å². The van der Waals surface area contributed by atoms with Gasteiger partial charge in [0.15, 0.2) is 0 Å². The molecule has 0 unspecified atom stereocenters. The van der Waals surface area contributed by atoms with Crippen LogP contribution < -0.4 is 5.32 Å². The van der Waals surface area contributed by atoms with Crippen molar-refractivity contribution in [2.75, 3.05) is 12.4 Å². The van der Waals surface area contributed by atoms with Crippen molar-refractivity contribution in [1.82, 2.24) is 0 Å². The zero-order chi connectivity index (χ0) is 22.7. The van der Waals surface area contributed by atoms with Crippen molar-refractivity contribution in [3.05, 3.63) is 41.5 Å². The number of methoxy groups -OCH3 is 1. The van der Waals surface area contributed by atoms with Crippen molar-refractivity contribution < 1.29 is 14.3 Å². The fourth-order valence-electron chi connectivity index (χ4n) is 3.61. The first-order valence-corrected chi connectivity index (χ1v) is 12.2. The number of carbonyl (C=O) groups excluding carboxylic acids is 2. The number of unbranched alkanes of at least 4 members (excludes halogenated alkanes) is 11. The summed E-state index contributed by atoms with van der Waals surface area (Å²) in [6.45, 7) is 4.17. The quantitative estimate of drug-likeness (QED) is 0.156. The molecule has 0 heterocycles. The van der Waals surface area contributed by atoms with Gasteiger partial charge in [0.2, 0.25) is 5.91 Å². The van der Waals surface area contributed by atoms with E-state index in [9.17, 15) is 9.59 Å². The third kappa shape index (κ3) is 13.0. The fourth-order valence-corrected chi connectivity index (χ4v) is 3.61. The van der Waals surface area contributed by atoms with Gasteiger partial charge in [-0.25, -0.2) is 4.79 Å². The van der Waals surface area contributed by atoms with Gasteiger partial charge in [-0.3, -0.25) is 4.79 Å². The molecule has 0 spiro atoms. The molecule has 0 aliphatic rings. The molecule has 31 heavy (non-hydrogen) atoms. The Bertz CT molecular complexity index is 666. The van der Waals surface area contributed by atoms with Crippen LogP contribution in [0.25, 0.3) is 0 Å². The highest BCUT2D eigenvalue weighted by Crippen LogP contribution is 2.19. The molecule has 0 fully saturated rings. The minimum Gasteiger partial charge on any atom is -0.465 e. The van der Waals surface area contributed by atoms with E-state index in [1.54, 1.807) is 12.1 Å². The highest BCUT2D eigenvalue weighted by molar-refractivity contribution is 6.01. The summed E-state index contributed by atoms with van der Waals surface area (Å²) < 4.78 is 4.81. The van der Waals surface area contributed by atoms with Crippen LogP contribution in [-0.2, 0) is 9.53 Å². The Morgan fingerprint density at radius 1 is 0.871 bits per heavy atom. The number of amides is 1. The van der Waals surface area contributed by atoms with E-state index in [-0.39, 0.29) is 5.91 Å². The Labute approximate surface area is 189 Å². The normalized spacial score (nSPS) is 11.1. The minimum atomic E-state index is -0.431. The molecular formula is C27H43NO3. The molecule has 0 saturated carbocycles. The molecule has 0 aliphatic heterocycles. The predicted octanol–water partition coefficient (Wildman–Crippen LogP) is 7.76. The number of nitrogens with one attached hydrogen (secondary N) is 1. The molecule has 0 saturated heterocycles. The van der Waals surface area contributed by atoms with Crippen molar-refractivity contribution >= 4 is 17.6 Å². The van der Waals surface area contributed by atoms with E-state index in [0.717, 1.165) is 24.8 Å². The van der Waals surface area contributed by atoms with E-state index in [2.05, 4.69) is 24.4 Å². The summed E-state index contributed by atoms with van der Waals surface area (Å²) in [6.07, 6.45) is 21.3. The van der Waals surface area contributed by atoms with Crippen LogP contribution in [0.2, 0.25) is 0 Å². The van der Waals surface area contributed by atoms with Crippen LogP contribution in [0.15, 0.2) is 30.4 Å². The zero-order valence-corrected chi connectivity index (χ0v) is 20.0. The summed E-state index contributed by atoms with van der Waals surface area (Å²) in [5.74, 6) is -0.480. The van der Waals surface area contributed by atoms with Gasteiger partial charge in [0.05, 0.1) is 18.4 Å². The first-order valence-electron chi connectivity index (χ1n) is 12.2. The Kier molecular flexibility index (Phi) is 15.3. The maximum atomic E-state index is 12.2. The lowest BCUT2D eigenvalue weighted by molar-refractivity contribution is -0.116. The number of esters is 1. The van der Waals surface area contributed by atoms with Gasteiger partial charge in [0, 0.05) is 6.42 Å². The van der Waals surface area contributed by atoms with Crippen LogP contribution in [0.5, 0.6) is 0 Å². The Balaban J connectivity index is 2.07. The van der Waals surface area contributed by atoms with Gasteiger partial charge in [-0.15, -0.1) is 0 Å². The molecule has 1 N–H and O–H groups in total. The largest absolute Gasteiger partial charge is 0.465 e. The Morgan fingerprint density at radius 2 is 1.45 bits per heavy atom. The fraction of sp³-hybridized carbons (Fsp3) is 0.630. The Hall–Kier alpha value is -2.10. The molecule has 1 aromatic rings. The number of hydrogen-bond donors (Lipinski definition) is 1. The molecule has 0 atom stereocenters. The average molecular weight is 430 g/mol. The number of rotatable bonds is 17. The van der Waals surface area contributed by atoms with Gasteiger partial charge in [-0.2, -0.15) is 0 Å². The molecule has 1 rings (SSSR count). The summed E-state index contributed by atoms with van der Waals surface area (Å²) in [7, 11) is 1.35. The van der Waals surface area contributed by atoms with E-state index < -0.39 is 5.97 Å². The number of hydrogen-bond acceptors (Lipinski definition) is 3. The SMILES string of the molecule is CCCCCCCC/C=C/CCCCCCCC(=O)Nc1ccc(C)cc1C(=O)OC. The zero-order valence-electron chi connectivity index (χ0n) is 20.0. The predicted molar refractivity (Wildman–Crippen MR) is 131 cm³/mol. The van der Waals surface area contributed by atoms with Gasteiger partial charge < -0.3 is 10.1 Å². The molecule has 1 aromatic carbocycles. The van der Waals surface area contributed by atoms with E-state index in [4.69, 9.17) is 4.74 Å². The third-order valence-corrected chi connectivity index (χ3v) is 5.52. The van der Waals surface area contributed by atoms with Gasteiger partial charge in [0.25, 0.3) is 0 Å². The highest BCUT2D eigenvalue weighted by atomic mass is 16.5. The number of allylic oxidation sites excluding steroid dienone is 2. The number of anilines is 1.